The van der Waals surface area contributed by atoms with E-state index in [2.05, 4.69) is 86.6 Å². The lowest BCUT2D eigenvalue weighted by Gasteiger charge is -2.10. The van der Waals surface area contributed by atoms with E-state index in [4.69, 9.17) is 0 Å². The van der Waals surface area contributed by atoms with Gasteiger partial charge >= 0.3 is 0 Å². The molecule has 3 aromatic carbocycles. The van der Waals surface area contributed by atoms with Gasteiger partial charge in [0, 0.05) is 9.79 Å². The summed E-state index contributed by atoms with van der Waals surface area (Å²) in [5, 5.41) is 0. The summed E-state index contributed by atoms with van der Waals surface area (Å²) >= 11 is 1.83. The number of rotatable bonds is 3. The van der Waals surface area contributed by atoms with E-state index in [1.807, 2.05) is 11.8 Å². The van der Waals surface area contributed by atoms with Gasteiger partial charge in [-0.15, -0.1) is 0 Å². The minimum Gasteiger partial charge on any atom is -0.0898 e. The van der Waals surface area contributed by atoms with Gasteiger partial charge in [-0.1, -0.05) is 66.4 Å². The van der Waals surface area contributed by atoms with Crippen molar-refractivity contribution in [1.29, 1.82) is 0 Å². The largest absolute Gasteiger partial charge is 0.0898 e. The number of hydrogen-bond acceptors (Lipinski definition) is 1. The molecule has 0 aliphatic carbocycles. The lowest BCUT2D eigenvalue weighted by Crippen LogP contribution is -1.85. The number of benzene rings is 3. The first-order chi connectivity index (χ1) is 10.2. The van der Waals surface area contributed by atoms with E-state index >= 15 is 0 Å². The maximum Gasteiger partial charge on any atom is 0.0151 e. The summed E-state index contributed by atoms with van der Waals surface area (Å²) in [5.74, 6) is 0. The Labute approximate surface area is 130 Å². The molecule has 0 bridgehead atoms. The van der Waals surface area contributed by atoms with Crippen molar-refractivity contribution in [2.45, 2.75) is 23.6 Å². The van der Waals surface area contributed by atoms with E-state index in [1.165, 1.54) is 32.0 Å². The second-order valence-corrected chi connectivity index (χ2v) is 6.33. The highest BCUT2D eigenvalue weighted by molar-refractivity contribution is 7.99. The monoisotopic (exact) mass is 290 g/mol. The predicted molar refractivity (Wildman–Crippen MR) is 91.9 cm³/mol. The van der Waals surface area contributed by atoms with E-state index in [9.17, 15) is 0 Å². The van der Waals surface area contributed by atoms with Crippen molar-refractivity contribution >= 4 is 11.8 Å². The zero-order valence-corrected chi connectivity index (χ0v) is 13.2. The summed E-state index contributed by atoms with van der Waals surface area (Å²) in [6.07, 6.45) is 0. The summed E-state index contributed by atoms with van der Waals surface area (Å²) < 4.78 is 0. The molecule has 0 nitrogen and oxygen atoms in total. The Balaban J connectivity index is 1.97. The van der Waals surface area contributed by atoms with Crippen LogP contribution >= 0.6 is 11.8 Å². The fourth-order valence-corrected chi connectivity index (χ4v) is 3.33. The van der Waals surface area contributed by atoms with Crippen LogP contribution in [0.4, 0.5) is 0 Å². The molecule has 0 amide bonds. The molecule has 3 aromatic rings. The van der Waals surface area contributed by atoms with Crippen LogP contribution in [0.25, 0.3) is 11.1 Å². The fourth-order valence-electron chi connectivity index (χ4n) is 2.39. The normalized spacial score (nSPS) is 10.6. The van der Waals surface area contributed by atoms with Gasteiger partial charge in [-0.05, 0) is 54.3 Å². The van der Waals surface area contributed by atoms with Gasteiger partial charge in [0.15, 0.2) is 0 Å². The van der Waals surface area contributed by atoms with E-state index in [0.717, 1.165) is 0 Å². The summed E-state index contributed by atoms with van der Waals surface area (Å²) in [6.45, 7) is 4.33. The van der Waals surface area contributed by atoms with Gasteiger partial charge in [-0.2, -0.15) is 0 Å². The van der Waals surface area contributed by atoms with Gasteiger partial charge in [0.2, 0.25) is 0 Å². The van der Waals surface area contributed by atoms with Crippen molar-refractivity contribution in [2.24, 2.45) is 0 Å². The molecule has 3 rings (SSSR count). The van der Waals surface area contributed by atoms with Crippen LogP contribution in [-0.2, 0) is 0 Å². The Bertz CT molecular complexity index is 745. The molecule has 0 aliphatic rings. The van der Waals surface area contributed by atoms with Crippen LogP contribution < -0.4 is 0 Å². The summed E-state index contributed by atoms with van der Waals surface area (Å²) in [5.41, 5.74) is 5.23. The average Bonchev–Trinajstić information content (AvgIpc) is 2.52. The van der Waals surface area contributed by atoms with Gasteiger partial charge in [0.1, 0.15) is 0 Å². The predicted octanol–water partition coefficient (Wildman–Crippen LogP) is 6.12. The van der Waals surface area contributed by atoms with Crippen LogP contribution in [0.2, 0.25) is 0 Å². The van der Waals surface area contributed by atoms with Crippen molar-refractivity contribution in [2.75, 3.05) is 0 Å². The van der Waals surface area contributed by atoms with Crippen LogP contribution in [0.5, 0.6) is 0 Å². The van der Waals surface area contributed by atoms with E-state index in [-0.39, 0.29) is 0 Å². The molecule has 21 heavy (non-hydrogen) atoms. The lowest BCUT2D eigenvalue weighted by molar-refractivity contribution is 1.29. The molecule has 0 aliphatic heterocycles. The lowest BCUT2D eigenvalue weighted by atomic mass is 10.0. The summed E-state index contributed by atoms with van der Waals surface area (Å²) in [6, 6.07) is 25.8. The van der Waals surface area contributed by atoms with Crippen molar-refractivity contribution in [3.05, 3.63) is 83.9 Å². The smallest absolute Gasteiger partial charge is 0.0151 e. The van der Waals surface area contributed by atoms with Crippen LogP contribution in [0.15, 0.2) is 82.6 Å². The molecule has 0 unspecified atom stereocenters. The van der Waals surface area contributed by atoms with Gasteiger partial charge in [-0.25, -0.2) is 0 Å². The van der Waals surface area contributed by atoms with E-state index < -0.39 is 0 Å². The second-order valence-electron chi connectivity index (χ2n) is 5.21. The molecule has 0 atom stereocenters. The van der Waals surface area contributed by atoms with Crippen LogP contribution in [0, 0.1) is 13.8 Å². The molecule has 0 N–H and O–H groups in total. The quantitative estimate of drug-likeness (QED) is 0.560. The molecule has 0 spiro atoms. The number of aryl methyl sites for hydroxylation is 2. The third-order valence-electron chi connectivity index (χ3n) is 3.62. The summed E-state index contributed by atoms with van der Waals surface area (Å²) in [4.78, 5) is 2.61. The minimum atomic E-state index is 1.28. The SMILES string of the molecule is Cc1ccccc1Sc1ccc(C)c(-c2ccccc2)c1. The fraction of sp³-hybridized carbons (Fsp3) is 0.100. The van der Waals surface area contributed by atoms with Gasteiger partial charge < -0.3 is 0 Å². The Morgan fingerprint density at radius 2 is 1.38 bits per heavy atom. The first-order valence-corrected chi connectivity index (χ1v) is 7.95. The van der Waals surface area contributed by atoms with E-state index in [0.29, 0.717) is 0 Å². The Kier molecular flexibility index (Phi) is 4.12. The zero-order valence-electron chi connectivity index (χ0n) is 12.3. The zero-order chi connectivity index (χ0) is 14.7. The molecular weight excluding hydrogens is 272 g/mol. The molecule has 0 fully saturated rings. The van der Waals surface area contributed by atoms with Crippen molar-refractivity contribution < 1.29 is 0 Å². The Morgan fingerprint density at radius 1 is 0.667 bits per heavy atom. The maximum atomic E-state index is 2.29. The highest BCUT2D eigenvalue weighted by Crippen LogP contribution is 2.34. The van der Waals surface area contributed by atoms with Crippen LogP contribution in [-0.4, -0.2) is 0 Å². The first kappa shape index (κ1) is 14.0. The average molecular weight is 290 g/mol. The third kappa shape index (κ3) is 3.20. The molecule has 104 valence electrons. The first-order valence-electron chi connectivity index (χ1n) is 7.13. The highest BCUT2D eigenvalue weighted by atomic mass is 32.2. The Morgan fingerprint density at radius 3 is 2.14 bits per heavy atom. The molecule has 0 saturated carbocycles. The van der Waals surface area contributed by atoms with Crippen molar-refractivity contribution in [1.82, 2.24) is 0 Å². The van der Waals surface area contributed by atoms with Crippen LogP contribution in [0.3, 0.4) is 0 Å². The summed E-state index contributed by atoms with van der Waals surface area (Å²) in [7, 11) is 0. The topological polar surface area (TPSA) is 0 Å². The third-order valence-corrected chi connectivity index (χ3v) is 4.78. The number of hydrogen-bond donors (Lipinski definition) is 0. The minimum absolute atomic E-state index is 1.28. The molecule has 1 heteroatoms. The standard InChI is InChI=1S/C20H18S/c1-15-12-13-18(21-20-11-7-6-8-16(20)2)14-19(15)17-9-4-3-5-10-17/h3-14H,1-2H3. The van der Waals surface area contributed by atoms with Crippen molar-refractivity contribution in [3.63, 3.8) is 0 Å². The second kappa shape index (κ2) is 6.19. The van der Waals surface area contributed by atoms with Gasteiger partial charge in [-0.3, -0.25) is 0 Å². The van der Waals surface area contributed by atoms with Gasteiger partial charge in [0.25, 0.3) is 0 Å². The highest BCUT2D eigenvalue weighted by Gasteiger charge is 2.05. The van der Waals surface area contributed by atoms with Crippen molar-refractivity contribution in [3.8, 4) is 11.1 Å². The van der Waals surface area contributed by atoms with E-state index in [1.54, 1.807) is 0 Å². The van der Waals surface area contributed by atoms with Crippen LogP contribution in [0.1, 0.15) is 11.1 Å². The maximum absolute atomic E-state index is 2.29. The molecule has 0 radical (unpaired) electrons. The van der Waals surface area contributed by atoms with Gasteiger partial charge in [0.05, 0.1) is 0 Å². The Hall–Kier alpha value is -1.99. The molecule has 0 heterocycles. The molecule has 0 aromatic heterocycles. The molecule has 0 saturated heterocycles. The molecular formula is C20H18S.